The van der Waals surface area contributed by atoms with Gasteiger partial charge < -0.3 is 15.2 Å². The van der Waals surface area contributed by atoms with Crippen LogP contribution in [0.1, 0.15) is 89.7 Å². The van der Waals surface area contributed by atoms with Crippen LogP contribution in [0.25, 0.3) is 0 Å². The molecule has 1 atom stereocenters. The second-order valence-corrected chi connectivity index (χ2v) is 11.1. The molecule has 1 unspecified atom stereocenters. The summed E-state index contributed by atoms with van der Waals surface area (Å²) in [5, 5.41) is 17.2. The molecule has 0 spiro atoms. The zero-order valence-corrected chi connectivity index (χ0v) is 25.3. The Labute approximate surface area is 248 Å². The van der Waals surface area contributed by atoms with Gasteiger partial charge in [-0.05, 0) is 62.3 Å². The zero-order valence-electron chi connectivity index (χ0n) is 25.3. The average Bonchev–Trinajstić information content (AvgIpc) is 2.97. The SMILES string of the molecule is CCCCCCCn1c(=O)c(NCCCCc2cccc(OC(C)(CCC)C(=O)O)c2)nn(Cc2ccccc2)c1=O. The number of carboxylic acids is 1. The van der Waals surface area contributed by atoms with Crippen molar-refractivity contribution in [2.75, 3.05) is 11.9 Å². The van der Waals surface area contributed by atoms with Gasteiger partial charge in [0.2, 0.25) is 11.4 Å². The van der Waals surface area contributed by atoms with Crippen LogP contribution in [0.5, 0.6) is 5.75 Å². The Bertz CT molecular complexity index is 1390. The lowest BCUT2D eigenvalue weighted by Gasteiger charge is -2.26. The van der Waals surface area contributed by atoms with Crippen molar-refractivity contribution in [1.29, 1.82) is 0 Å². The van der Waals surface area contributed by atoms with Gasteiger partial charge in [0, 0.05) is 13.1 Å². The predicted molar refractivity (Wildman–Crippen MR) is 167 cm³/mol. The largest absolute Gasteiger partial charge is 0.478 e. The van der Waals surface area contributed by atoms with Crippen molar-refractivity contribution >= 4 is 11.8 Å². The number of unbranched alkanes of at least 4 members (excludes halogenated alkanes) is 5. The number of aromatic nitrogens is 3. The molecule has 0 amide bonds. The third-order valence-corrected chi connectivity index (χ3v) is 7.39. The quantitative estimate of drug-likeness (QED) is 0.171. The minimum Gasteiger partial charge on any atom is -0.478 e. The van der Waals surface area contributed by atoms with Crippen LogP contribution in [0.3, 0.4) is 0 Å². The number of rotatable bonds is 19. The topological polar surface area (TPSA) is 115 Å². The van der Waals surface area contributed by atoms with E-state index >= 15 is 0 Å². The van der Waals surface area contributed by atoms with E-state index in [4.69, 9.17) is 4.74 Å². The highest BCUT2D eigenvalue weighted by molar-refractivity contribution is 5.77. The van der Waals surface area contributed by atoms with E-state index in [0.717, 1.165) is 62.5 Å². The number of benzene rings is 2. The van der Waals surface area contributed by atoms with Crippen molar-refractivity contribution < 1.29 is 14.6 Å². The number of carboxylic acid groups (broad SMARTS) is 1. The number of ether oxygens (including phenoxy) is 1. The number of hydrogen-bond donors (Lipinski definition) is 2. The summed E-state index contributed by atoms with van der Waals surface area (Å²) in [6.45, 7) is 6.91. The maximum Gasteiger partial charge on any atom is 0.347 e. The standard InChI is InChI=1S/C33H46N4O5/c1-4-6-7-8-14-23-36-30(38)29(35-37(32(36)41)25-27-17-10-9-11-18-27)34-22-13-12-16-26-19-15-20-28(24-26)42-33(3,21-5-2)31(39)40/h9-11,15,17-20,24H,4-8,12-14,16,21-23,25H2,1-3H3,(H,34,35)(H,39,40). The highest BCUT2D eigenvalue weighted by Gasteiger charge is 2.34. The lowest BCUT2D eigenvalue weighted by molar-refractivity contribution is -0.154. The summed E-state index contributed by atoms with van der Waals surface area (Å²) >= 11 is 0. The molecule has 2 aromatic carbocycles. The van der Waals surface area contributed by atoms with E-state index in [-0.39, 0.29) is 17.1 Å². The molecule has 1 heterocycles. The number of aliphatic carboxylic acids is 1. The number of nitrogens with zero attached hydrogens (tertiary/aromatic N) is 3. The Morgan fingerprint density at radius 1 is 0.929 bits per heavy atom. The highest BCUT2D eigenvalue weighted by atomic mass is 16.5. The number of aryl methyl sites for hydroxylation is 1. The van der Waals surface area contributed by atoms with Crippen LogP contribution in [-0.2, 0) is 24.3 Å². The fourth-order valence-corrected chi connectivity index (χ4v) is 4.97. The third kappa shape index (κ3) is 9.60. The molecule has 0 saturated heterocycles. The van der Waals surface area contributed by atoms with Gasteiger partial charge in [-0.1, -0.05) is 88.4 Å². The summed E-state index contributed by atoms with van der Waals surface area (Å²) in [7, 11) is 0. The fourth-order valence-electron chi connectivity index (χ4n) is 4.97. The molecule has 3 rings (SSSR count). The summed E-state index contributed by atoms with van der Waals surface area (Å²) in [5.41, 5.74) is -0.0282. The van der Waals surface area contributed by atoms with E-state index in [1.807, 2.05) is 55.5 Å². The Hall–Kier alpha value is -3.88. The van der Waals surface area contributed by atoms with Gasteiger partial charge >= 0.3 is 11.7 Å². The van der Waals surface area contributed by atoms with Gasteiger partial charge in [0.15, 0.2) is 0 Å². The summed E-state index contributed by atoms with van der Waals surface area (Å²) in [6.07, 6.45) is 8.65. The first-order valence-corrected chi connectivity index (χ1v) is 15.3. The first-order chi connectivity index (χ1) is 20.3. The molecule has 3 aromatic rings. The molecule has 9 nitrogen and oxygen atoms in total. The highest BCUT2D eigenvalue weighted by Crippen LogP contribution is 2.24. The molecule has 0 radical (unpaired) electrons. The molecule has 9 heteroatoms. The van der Waals surface area contributed by atoms with Crippen molar-refractivity contribution in [3.05, 3.63) is 86.6 Å². The average molecular weight is 579 g/mol. The van der Waals surface area contributed by atoms with Crippen LogP contribution in [0.2, 0.25) is 0 Å². The Morgan fingerprint density at radius 3 is 2.38 bits per heavy atom. The third-order valence-electron chi connectivity index (χ3n) is 7.39. The van der Waals surface area contributed by atoms with E-state index in [1.165, 1.54) is 9.25 Å². The Balaban J connectivity index is 1.63. The van der Waals surface area contributed by atoms with Crippen molar-refractivity contribution in [1.82, 2.24) is 14.3 Å². The first-order valence-electron chi connectivity index (χ1n) is 15.3. The van der Waals surface area contributed by atoms with Gasteiger partial charge in [-0.2, -0.15) is 0 Å². The minimum absolute atomic E-state index is 0.193. The van der Waals surface area contributed by atoms with Crippen LogP contribution >= 0.6 is 0 Å². The lowest BCUT2D eigenvalue weighted by atomic mass is 10.0. The molecule has 0 aliphatic rings. The number of nitrogens with one attached hydrogen (secondary N) is 1. The van der Waals surface area contributed by atoms with E-state index in [9.17, 15) is 19.5 Å². The van der Waals surface area contributed by atoms with Gasteiger partial charge in [-0.25, -0.2) is 14.3 Å². The van der Waals surface area contributed by atoms with Gasteiger partial charge in [-0.15, -0.1) is 5.10 Å². The van der Waals surface area contributed by atoms with Crippen LogP contribution in [-0.4, -0.2) is 37.6 Å². The molecule has 42 heavy (non-hydrogen) atoms. The number of carbonyl (C=O) groups is 1. The summed E-state index contributed by atoms with van der Waals surface area (Å²) in [5.74, 6) is -0.234. The number of hydrogen-bond acceptors (Lipinski definition) is 6. The molecule has 0 aliphatic carbocycles. The maximum absolute atomic E-state index is 13.2. The van der Waals surface area contributed by atoms with Crippen LogP contribution in [0.15, 0.2) is 64.2 Å². The Kier molecular flexibility index (Phi) is 12.8. The fraction of sp³-hybridized carbons (Fsp3) is 0.515. The summed E-state index contributed by atoms with van der Waals surface area (Å²) in [4.78, 5) is 38.1. The molecule has 1 aromatic heterocycles. The summed E-state index contributed by atoms with van der Waals surface area (Å²) < 4.78 is 8.57. The van der Waals surface area contributed by atoms with Gasteiger partial charge in [-0.3, -0.25) is 9.36 Å². The smallest absolute Gasteiger partial charge is 0.347 e. The monoisotopic (exact) mass is 578 g/mol. The molecule has 0 aliphatic heterocycles. The minimum atomic E-state index is -1.26. The lowest BCUT2D eigenvalue weighted by Crippen LogP contribution is -2.43. The van der Waals surface area contributed by atoms with Gasteiger partial charge in [0.25, 0.3) is 5.56 Å². The maximum atomic E-state index is 13.2. The molecular weight excluding hydrogens is 532 g/mol. The second-order valence-electron chi connectivity index (χ2n) is 11.1. The van der Waals surface area contributed by atoms with E-state index < -0.39 is 11.6 Å². The van der Waals surface area contributed by atoms with E-state index in [2.05, 4.69) is 17.3 Å². The van der Waals surface area contributed by atoms with Crippen molar-refractivity contribution in [3.8, 4) is 5.75 Å². The number of anilines is 1. The van der Waals surface area contributed by atoms with Crippen LogP contribution in [0, 0.1) is 0 Å². The van der Waals surface area contributed by atoms with Crippen molar-refractivity contribution in [2.24, 2.45) is 0 Å². The second kappa shape index (κ2) is 16.5. The van der Waals surface area contributed by atoms with Crippen molar-refractivity contribution in [3.63, 3.8) is 0 Å². The first kappa shape index (κ1) is 32.6. The predicted octanol–water partition coefficient (Wildman–Crippen LogP) is 5.88. The van der Waals surface area contributed by atoms with Crippen LogP contribution < -0.4 is 21.3 Å². The van der Waals surface area contributed by atoms with Crippen molar-refractivity contribution in [2.45, 2.75) is 104 Å². The zero-order chi connectivity index (χ0) is 30.4. The van der Waals surface area contributed by atoms with E-state index in [0.29, 0.717) is 38.2 Å². The van der Waals surface area contributed by atoms with Gasteiger partial charge in [0.1, 0.15) is 5.75 Å². The molecule has 0 saturated carbocycles. The van der Waals surface area contributed by atoms with Gasteiger partial charge in [0.05, 0.1) is 6.54 Å². The molecule has 0 fully saturated rings. The Morgan fingerprint density at radius 2 is 1.67 bits per heavy atom. The van der Waals surface area contributed by atoms with Crippen LogP contribution in [0.4, 0.5) is 5.82 Å². The molecule has 228 valence electrons. The summed E-state index contributed by atoms with van der Waals surface area (Å²) in [6, 6.07) is 17.2. The molecule has 0 bridgehead atoms. The normalized spacial score (nSPS) is 12.5. The van der Waals surface area contributed by atoms with E-state index in [1.54, 1.807) is 13.0 Å². The molecular formula is C33H46N4O5. The molecule has 2 N–H and O–H groups in total.